The average molecular weight is 224 g/mol. The van der Waals surface area contributed by atoms with Crippen LogP contribution in [0.2, 0.25) is 0 Å². The monoisotopic (exact) mass is 224 g/mol. The van der Waals surface area contributed by atoms with Gasteiger partial charge in [-0.3, -0.25) is 4.79 Å². The van der Waals surface area contributed by atoms with E-state index in [9.17, 15) is 4.79 Å². The maximum atomic E-state index is 12.0. The fourth-order valence-corrected chi connectivity index (χ4v) is 2.19. The molecule has 1 amide bonds. The van der Waals surface area contributed by atoms with Gasteiger partial charge >= 0.3 is 0 Å². The lowest BCUT2D eigenvalue weighted by molar-refractivity contribution is -0.135. The first kappa shape index (κ1) is 13.0. The van der Waals surface area contributed by atoms with Gasteiger partial charge in [-0.2, -0.15) is 5.26 Å². The summed E-state index contributed by atoms with van der Waals surface area (Å²) in [5.74, 6) is 0.389. The second-order valence-corrected chi connectivity index (χ2v) is 5.21. The fourth-order valence-electron chi connectivity index (χ4n) is 2.19. The Morgan fingerprint density at radius 1 is 1.62 bits per heavy atom. The van der Waals surface area contributed by atoms with Crippen molar-refractivity contribution in [2.75, 3.05) is 6.61 Å². The first-order valence-corrected chi connectivity index (χ1v) is 5.78. The number of nitriles is 1. The molecule has 0 aromatic heterocycles. The summed E-state index contributed by atoms with van der Waals surface area (Å²) in [6, 6.07) is 1.86. The van der Waals surface area contributed by atoms with Gasteiger partial charge in [-0.25, -0.2) is 0 Å². The Morgan fingerprint density at radius 2 is 2.19 bits per heavy atom. The minimum Gasteiger partial charge on any atom is -0.394 e. The van der Waals surface area contributed by atoms with Crippen LogP contribution in [0.15, 0.2) is 0 Å². The molecule has 2 N–H and O–H groups in total. The van der Waals surface area contributed by atoms with E-state index >= 15 is 0 Å². The highest BCUT2D eigenvalue weighted by Gasteiger charge is 2.49. The molecule has 4 heteroatoms. The lowest BCUT2D eigenvalue weighted by atomic mass is 9.63. The molecule has 1 aliphatic carbocycles. The Morgan fingerprint density at radius 3 is 2.50 bits per heavy atom. The predicted octanol–water partition coefficient (Wildman–Crippen LogP) is 1.06. The highest BCUT2D eigenvalue weighted by atomic mass is 16.3. The van der Waals surface area contributed by atoms with Crippen LogP contribution >= 0.6 is 0 Å². The smallest absolute Gasteiger partial charge is 0.240 e. The van der Waals surface area contributed by atoms with Crippen molar-refractivity contribution in [2.45, 2.75) is 39.7 Å². The molecule has 0 unspecified atom stereocenters. The normalized spacial score (nSPS) is 30.4. The van der Waals surface area contributed by atoms with E-state index < -0.39 is 5.41 Å². The number of nitrogens with zero attached hydrogens (tertiary/aromatic N) is 1. The fraction of sp³-hybridized carbons (Fsp3) is 0.833. The zero-order valence-electron chi connectivity index (χ0n) is 10.2. The van der Waals surface area contributed by atoms with E-state index in [1.807, 2.05) is 20.8 Å². The molecule has 1 fully saturated rings. The zero-order chi connectivity index (χ0) is 12.3. The molecule has 1 atom stereocenters. The molecule has 1 aliphatic rings. The quantitative estimate of drug-likeness (QED) is 0.750. The third-order valence-corrected chi connectivity index (χ3v) is 3.36. The van der Waals surface area contributed by atoms with Gasteiger partial charge in [-0.15, -0.1) is 0 Å². The van der Waals surface area contributed by atoms with Gasteiger partial charge in [0.1, 0.15) is 5.41 Å². The Balaban J connectivity index is 2.61. The van der Waals surface area contributed by atoms with E-state index in [-0.39, 0.29) is 24.5 Å². The van der Waals surface area contributed by atoms with Gasteiger partial charge in [-0.1, -0.05) is 20.8 Å². The summed E-state index contributed by atoms with van der Waals surface area (Å²) in [6.07, 6.45) is 1.26. The van der Waals surface area contributed by atoms with E-state index in [0.29, 0.717) is 18.8 Å². The van der Waals surface area contributed by atoms with Crippen LogP contribution in [0.5, 0.6) is 0 Å². The van der Waals surface area contributed by atoms with Crippen molar-refractivity contribution in [1.29, 1.82) is 5.26 Å². The number of carbonyl (C=O) groups is 1. The van der Waals surface area contributed by atoms with Crippen LogP contribution in [0, 0.1) is 28.6 Å². The van der Waals surface area contributed by atoms with E-state index in [2.05, 4.69) is 11.4 Å². The number of aliphatic hydroxyl groups excluding tert-OH is 1. The molecule has 4 nitrogen and oxygen atoms in total. The molecule has 16 heavy (non-hydrogen) atoms. The molecular formula is C12H20N2O2. The highest BCUT2D eigenvalue weighted by molar-refractivity contribution is 5.86. The Bertz CT molecular complexity index is 301. The molecule has 0 spiro atoms. The van der Waals surface area contributed by atoms with Crippen molar-refractivity contribution in [3.05, 3.63) is 0 Å². The molecule has 0 saturated heterocycles. The summed E-state index contributed by atoms with van der Waals surface area (Å²) in [5.41, 5.74) is -0.846. The molecule has 0 bridgehead atoms. The molecule has 0 radical (unpaired) electrons. The highest BCUT2D eigenvalue weighted by Crippen LogP contribution is 2.45. The van der Waals surface area contributed by atoms with Crippen molar-refractivity contribution < 1.29 is 9.90 Å². The zero-order valence-corrected chi connectivity index (χ0v) is 10.2. The van der Waals surface area contributed by atoms with Gasteiger partial charge in [0.25, 0.3) is 0 Å². The Hall–Kier alpha value is -1.08. The minimum absolute atomic E-state index is 0.0829. The van der Waals surface area contributed by atoms with Crippen LogP contribution in [0.4, 0.5) is 0 Å². The van der Waals surface area contributed by atoms with Crippen LogP contribution in [0.1, 0.15) is 33.6 Å². The average Bonchev–Trinajstić information content (AvgIpc) is 2.20. The Kier molecular flexibility index (Phi) is 3.93. The van der Waals surface area contributed by atoms with Crippen molar-refractivity contribution in [3.8, 4) is 6.07 Å². The van der Waals surface area contributed by atoms with Gasteiger partial charge in [0, 0.05) is 0 Å². The number of hydrogen-bond donors (Lipinski definition) is 2. The second kappa shape index (κ2) is 4.84. The third-order valence-electron chi connectivity index (χ3n) is 3.36. The summed E-state index contributed by atoms with van der Waals surface area (Å²) < 4.78 is 0. The van der Waals surface area contributed by atoms with E-state index in [0.717, 1.165) is 0 Å². The number of carbonyl (C=O) groups excluding carboxylic acids is 1. The summed E-state index contributed by atoms with van der Waals surface area (Å²) in [5, 5.41) is 21.0. The van der Waals surface area contributed by atoms with Gasteiger partial charge in [0.2, 0.25) is 5.91 Å². The summed E-state index contributed by atoms with van der Waals surface area (Å²) in [4.78, 5) is 12.0. The van der Waals surface area contributed by atoms with E-state index in [1.54, 1.807) is 0 Å². The topological polar surface area (TPSA) is 73.1 Å². The van der Waals surface area contributed by atoms with Crippen molar-refractivity contribution in [2.24, 2.45) is 17.3 Å². The maximum absolute atomic E-state index is 12.0. The van der Waals surface area contributed by atoms with Crippen LogP contribution in [0.3, 0.4) is 0 Å². The molecular weight excluding hydrogens is 204 g/mol. The van der Waals surface area contributed by atoms with E-state index in [1.165, 1.54) is 0 Å². The number of amides is 1. The van der Waals surface area contributed by atoms with Crippen molar-refractivity contribution in [3.63, 3.8) is 0 Å². The molecule has 0 heterocycles. The molecule has 1 saturated carbocycles. The van der Waals surface area contributed by atoms with Gasteiger partial charge in [-0.05, 0) is 24.7 Å². The lowest BCUT2D eigenvalue weighted by Gasteiger charge is -2.40. The summed E-state index contributed by atoms with van der Waals surface area (Å²) in [7, 11) is 0. The van der Waals surface area contributed by atoms with Gasteiger partial charge < -0.3 is 10.4 Å². The van der Waals surface area contributed by atoms with Crippen LogP contribution < -0.4 is 5.32 Å². The standard InChI is InChI=1S/C12H20N2O2/c1-8(2)10(6-15)14-11(16)12(7-13)4-9(3)5-12/h8-10,15H,4-6H2,1-3H3,(H,14,16)/t9?,10-,12?/m1/s1. The van der Waals surface area contributed by atoms with Crippen LogP contribution in [-0.4, -0.2) is 23.7 Å². The molecule has 0 aromatic carbocycles. The first-order valence-electron chi connectivity index (χ1n) is 5.78. The van der Waals surface area contributed by atoms with Gasteiger partial charge in [0.15, 0.2) is 0 Å². The molecule has 0 aliphatic heterocycles. The number of aliphatic hydroxyl groups is 1. The lowest BCUT2D eigenvalue weighted by Crippen LogP contribution is -2.53. The van der Waals surface area contributed by atoms with Gasteiger partial charge in [0.05, 0.1) is 18.7 Å². The minimum atomic E-state index is -0.846. The summed E-state index contributed by atoms with van der Waals surface area (Å²) >= 11 is 0. The Labute approximate surface area is 96.6 Å². The van der Waals surface area contributed by atoms with Crippen molar-refractivity contribution >= 4 is 5.91 Å². The predicted molar refractivity (Wildman–Crippen MR) is 60.3 cm³/mol. The molecule has 90 valence electrons. The van der Waals surface area contributed by atoms with Crippen molar-refractivity contribution in [1.82, 2.24) is 5.32 Å². The number of rotatable bonds is 4. The molecule has 1 rings (SSSR count). The van der Waals surface area contributed by atoms with E-state index in [4.69, 9.17) is 10.4 Å². The SMILES string of the molecule is CC1CC(C#N)(C(=O)N[C@H](CO)C(C)C)C1. The maximum Gasteiger partial charge on any atom is 0.240 e. The summed E-state index contributed by atoms with van der Waals surface area (Å²) in [6.45, 7) is 5.82. The molecule has 0 aromatic rings. The third kappa shape index (κ3) is 2.35. The number of nitrogens with one attached hydrogen (secondary N) is 1. The number of hydrogen-bond acceptors (Lipinski definition) is 3. The first-order chi connectivity index (χ1) is 7.45. The van der Waals surface area contributed by atoms with Crippen LogP contribution in [-0.2, 0) is 4.79 Å². The largest absolute Gasteiger partial charge is 0.394 e. The second-order valence-electron chi connectivity index (χ2n) is 5.21. The van der Waals surface area contributed by atoms with Crippen LogP contribution in [0.25, 0.3) is 0 Å².